The number of hydrogen-bond acceptors (Lipinski definition) is 8. The fourth-order valence-corrected chi connectivity index (χ4v) is 8.87. The topological polar surface area (TPSA) is 134 Å². The molecule has 0 saturated heterocycles. The molecule has 0 bridgehead atoms. The van der Waals surface area contributed by atoms with E-state index in [1.54, 1.807) is 0 Å². The first-order chi connectivity index (χ1) is 30.8. The van der Waals surface area contributed by atoms with Crippen LogP contribution < -0.4 is 5.73 Å². The SMILES string of the molecule is CCCCCCCC/C=C\CCCCCCCCCCCCCC(=O)OC[C@H](COP(=O)(O)OCCN)OC(=O)CCCCCCCCCCCCCCCCCCCCCCC. The molecule has 374 valence electrons. The van der Waals surface area contributed by atoms with Gasteiger partial charge >= 0.3 is 19.8 Å². The molecule has 10 heteroatoms. The largest absolute Gasteiger partial charge is 0.472 e. The van der Waals surface area contributed by atoms with Crippen LogP contribution in [0.2, 0.25) is 0 Å². The predicted molar refractivity (Wildman–Crippen MR) is 266 cm³/mol. The molecule has 0 heterocycles. The Balaban J connectivity index is 3.97. The highest BCUT2D eigenvalue weighted by molar-refractivity contribution is 7.47. The molecular weight excluding hydrogens is 810 g/mol. The number of unbranched alkanes of at least 4 members (excludes halogenated alkanes) is 37. The Morgan fingerprint density at radius 2 is 0.778 bits per heavy atom. The minimum absolute atomic E-state index is 0.0568. The molecule has 2 atom stereocenters. The van der Waals surface area contributed by atoms with Crippen molar-refractivity contribution in [2.75, 3.05) is 26.4 Å². The summed E-state index contributed by atoms with van der Waals surface area (Å²) in [7, 11) is -4.38. The molecule has 0 rings (SSSR count). The fraction of sp³-hybridized carbons (Fsp3) is 0.925. The van der Waals surface area contributed by atoms with Crippen molar-refractivity contribution in [3.8, 4) is 0 Å². The number of rotatable bonds is 52. The molecule has 0 spiro atoms. The van der Waals surface area contributed by atoms with E-state index in [-0.39, 0.29) is 38.6 Å². The molecule has 0 radical (unpaired) electrons. The minimum Gasteiger partial charge on any atom is -0.462 e. The maximum atomic E-state index is 12.7. The molecule has 63 heavy (non-hydrogen) atoms. The molecule has 1 unspecified atom stereocenters. The second-order valence-corrected chi connectivity index (χ2v) is 19.9. The molecule has 0 aliphatic carbocycles. The fourth-order valence-electron chi connectivity index (χ4n) is 8.10. The lowest BCUT2D eigenvalue weighted by Crippen LogP contribution is -2.29. The van der Waals surface area contributed by atoms with Crippen molar-refractivity contribution < 1.29 is 37.6 Å². The molecular formula is C53H104NO8P. The summed E-state index contributed by atoms with van der Waals surface area (Å²) in [6, 6.07) is 0. The summed E-state index contributed by atoms with van der Waals surface area (Å²) in [5.74, 6) is -0.810. The van der Waals surface area contributed by atoms with Crippen molar-refractivity contribution in [1.82, 2.24) is 0 Å². The van der Waals surface area contributed by atoms with Crippen LogP contribution in [0.4, 0.5) is 0 Å². The Morgan fingerprint density at radius 3 is 1.13 bits per heavy atom. The van der Waals surface area contributed by atoms with Gasteiger partial charge in [0.25, 0.3) is 0 Å². The van der Waals surface area contributed by atoms with Crippen molar-refractivity contribution in [3.05, 3.63) is 12.2 Å². The minimum atomic E-state index is -4.38. The Bertz CT molecular complexity index is 1040. The van der Waals surface area contributed by atoms with E-state index in [0.29, 0.717) is 6.42 Å². The molecule has 0 fully saturated rings. The van der Waals surface area contributed by atoms with E-state index in [9.17, 15) is 19.0 Å². The Kier molecular flexibility index (Phi) is 49.2. The van der Waals surface area contributed by atoms with Gasteiger partial charge in [-0.2, -0.15) is 0 Å². The summed E-state index contributed by atoms with van der Waals surface area (Å²) >= 11 is 0. The van der Waals surface area contributed by atoms with Gasteiger partial charge in [-0.15, -0.1) is 0 Å². The number of hydrogen-bond donors (Lipinski definition) is 2. The van der Waals surface area contributed by atoms with Crippen molar-refractivity contribution >= 4 is 19.8 Å². The third kappa shape index (κ3) is 50.0. The summed E-state index contributed by atoms with van der Waals surface area (Å²) in [5, 5.41) is 0. The lowest BCUT2D eigenvalue weighted by atomic mass is 10.0. The van der Waals surface area contributed by atoms with Gasteiger partial charge in [-0.1, -0.05) is 244 Å². The van der Waals surface area contributed by atoms with Crippen LogP contribution >= 0.6 is 7.82 Å². The number of carbonyl (C=O) groups is 2. The van der Waals surface area contributed by atoms with Gasteiger partial charge in [0, 0.05) is 19.4 Å². The first-order valence-corrected chi connectivity index (χ1v) is 28.7. The van der Waals surface area contributed by atoms with Crippen molar-refractivity contribution in [2.24, 2.45) is 5.73 Å². The summed E-state index contributed by atoms with van der Waals surface area (Å²) in [4.78, 5) is 35.1. The quantitative estimate of drug-likeness (QED) is 0.0265. The van der Waals surface area contributed by atoms with E-state index in [0.717, 1.165) is 32.1 Å². The predicted octanol–water partition coefficient (Wildman–Crippen LogP) is 16.5. The Morgan fingerprint density at radius 1 is 0.460 bits per heavy atom. The van der Waals surface area contributed by atoms with Crippen LogP contribution in [0.5, 0.6) is 0 Å². The second-order valence-electron chi connectivity index (χ2n) is 18.5. The number of allylic oxidation sites excluding steroid dienone is 2. The van der Waals surface area contributed by atoms with Gasteiger partial charge in [-0.3, -0.25) is 18.6 Å². The summed E-state index contributed by atoms with van der Waals surface area (Å²) in [6.45, 7) is 3.80. The Hall–Kier alpha value is -1.25. The van der Waals surface area contributed by atoms with E-state index in [1.165, 1.54) is 218 Å². The van der Waals surface area contributed by atoms with Crippen LogP contribution in [0.25, 0.3) is 0 Å². The third-order valence-corrected chi connectivity index (χ3v) is 13.1. The standard InChI is InChI=1S/C53H104NO8P/c1-3-5-7-9-11-13-15-17-19-21-23-25-27-29-31-33-35-37-39-41-43-45-52(55)59-49-51(50-61-63(57,58)60-48-47-54)62-53(56)46-44-42-40-38-36-34-32-30-28-26-24-22-20-18-16-14-12-10-8-6-4-2/h17,19,51H,3-16,18,20-50,54H2,1-2H3,(H,57,58)/b19-17-/t51-/m1/s1. The Labute approximate surface area is 389 Å². The molecule has 3 N–H and O–H groups in total. The number of nitrogens with two attached hydrogens (primary N) is 1. The zero-order valence-electron chi connectivity index (χ0n) is 41.6. The second kappa shape index (κ2) is 50.2. The van der Waals surface area contributed by atoms with Gasteiger partial charge < -0.3 is 20.1 Å². The van der Waals surface area contributed by atoms with Crippen molar-refractivity contribution in [1.29, 1.82) is 0 Å². The molecule has 0 saturated carbocycles. The van der Waals surface area contributed by atoms with E-state index in [4.69, 9.17) is 24.3 Å². The number of phosphoric ester groups is 1. The van der Waals surface area contributed by atoms with Crippen LogP contribution in [0.3, 0.4) is 0 Å². The average molecular weight is 914 g/mol. The lowest BCUT2D eigenvalue weighted by molar-refractivity contribution is -0.161. The molecule has 9 nitrogen and oxygen atoms in total. The van der Waals surface area contributed by atoms with Gasteiger partial charge in [0.05, 0.1) is 13.2 Å². The average Bonchev–Trinajstić information content (AvgIpc) is 3.27. The van der Waals surface area contributed by atoms with E-state index >= 15 is 0 Å². The molecule has 0 amide bonds. The van der Waals surface area contributed by atoms with E-state index in [1.807, 2.05) is 0 Å². The van der Waals surface area contributed by atoms with Crippen molar-refractivity contribution in [2.45, 2.75) is 290 Å². The third-order valence-electron chi connectivity index (χ3n) is 12.2. The van der Waals surface area contributed by atoms with Crippen LogP contribution in [0, 0.1) is 0 Å². The van der Waals surface area contributed by atoms with Crippen LogP contribution in [-0.4, -0.2) is 49.3 Å². The van der Waals surface area contributed by atoms with Gasteiger partial charge in [0.15, 0.2) is 6.10 Å². The first kappa shape index (κ1) is 61.8. The number of ether oxygens (including phenoxy) is 2. The van der Waals surface area contributed by atoms with E-state index < -0.39 is 26.5 Å². The first-order valence-electron chi connectivity index (χ1n) is 27.2. The monoisotopic (exact) mass is 914 g/mol. The molecule has 0 aromatic rings. The highest BCUT2D eigenvalue weighted by Gasteiger charge is 2.26. The zero-order chi connectivity index (χ0) is 46.0. The summed E-state index contributed by atoms with van der Waals surface area (Å²) in [6.07, 6.45) is 55.4. The number of carbonyl (C=O) groups excluding carboxylic acids is 2. The molecule has 0 aliphatic heterocycles. The lowest BCUT2D eigenvalue weighted by Gasteiger charge is -2.19. The van der Waals surface area contributed by atoms with Gasteiger partial charge in [-0.05, 0) is 38.5 Å². The van der Waals surface area contributed by atoms with Gasteiger partial charge in [-0.25, -0.2) is 4.57 Å². The molecule has 0 aromatic heterocycles. The van der Waals surface area contributed by atoms with Gasteiger partial charge in [0.1, 0.15) is 6.61 Å². The normalized spacial score (nSPS) is 13.1. The summed E-state index contributed by atoms with van der Waals surface area (Å²) in [5.41, 5.74) is 5.37. The highest BCUT2D eigenvalue weighted by Crippen LogP contribution is 2.43. The maximum absolute atomic E-state index is 12.7. The van der Waals surface area contributed by atoms with Crippen LogP contribution in [-0.2, 0) is 32.7 Å². The van der Waals surface area contributed by atoms with Gasteiger partial charge in [0.2, 0.25) is 0 Å². The smallest absolute Gasteiger partial charge is 0.462 e. The van der Waals surface area contributed by atoms with Crippen LogP contribution in [0.15, 0.2) is 12.2 Å². The number of phosphoric acid groups is 1. The number of esters is 2. The molecule has 0 aliphatic rings. The highest BCUT2D eigenvalue weighted by atomic mass is 31.2. The van der Waals surface area contributed by atoms with E-state index in [2.05, 4.69) is 26.0 Å². The van der Waals surface area contributed by atoms with Crippen molar-refractivity contribution in [3.63, 3.8) is 0 Å². The molecule has 0 aromatic carbocycles. The summed E-state index contributed by atoms with van der Waals surface area (Å²) < 4.78 is 33.0. The van der Waals surface area contributed by atoms with Crippen LogP contribution in [0.1, 0.15) is 284 Å². The maximum Gasteiger partial charge on any atom is 0.472 e. The zero-order valence-corrected chi connectivity index (χ0v) is 42.5.